The van der Waals surface area contributed by atoms with Crippen LogP contribution in [0.2, 0.25) is 0 Å². The van der Waals surface area contributed by atoms with Crippen LogP contribution in [0.1, 0.15) is 167 Å². The lowest BCUT2D eigenvalue weighted by atomic mass is 9.75. The Morgan fingerprint density at radius 1 is 0.364 bits per heavy atom. The van der Waals surface area contributed by atoms with E-state index in [1.165, 1.54) is 196 Å². The third-order valence-electron chi connectivity index (χ3n) is 23.6. The zero-order valence-corrected chi connectivity index (χ0v) is 59.7. The molecule has 11 aliphatic rings. The van der Waals surface area contributed by atoms with E-state index < -0.39 is 0 Å². The van der Waals surface area contributed by atoms with Crippen LogP contribution in [0.5, 0.6) is 0 Å². The topological polar surface area (TPSA) is 0 Å². The first-order chi connectivity index (χ1) is 48.8. The van der Waals surface area contributed by atoms with Gasteiger partial charge in [-0.1, -0.05) is 294 Å². The van der Waals surface area contributed by atoms with E-state index in [9.17, 15) is 0 Å². The highest BCUT2D eigenvalue weighted by Gasteiger charge is 2.31. The van der Waals surface area contributed by atoms with E-state index in [-0.39, 0.29) is 0 Å². The monoisotopic (exact) mass is 1290 g/mol. The van der Waals surface area contributed by atoms with Gasteiger partial charge in [0.05, 0.1) is 0 Å². The van der Waals surface area contributed by atoms with Crippen molar-refractivity contribution >= 4 is 0 Å². The van der Waals surface area contributed by atoms with Gasteiger partial charge >= 0.3 is 0 Å². The Morgan fingerprint density at radius 3 is 1.19 bits per heavy atom. The Labute approximate surface area is 595 Å². The second kappa shape index (κ2) is 33.1. The number of allylic oxidation sites excluding steroid dienone is 36. The summed E-state index contributed by atoms with van der Waals surface area (Å²) < 4.78 is 0. The molecule has 5 atom stereocenters. The standard InChI is InChI=1S/C37H40.C31H36.C31H30/c1-2-30-9-6-7-12-34(30)32-21-19-28(20-22-32)25-27-15-17-29(18-16-27)26-33-23-24-36(31-10-4-3-5-11-31)37-14-8-13-35(33)37;1-22(2)27-16-15-25(21-27)19-23-11-13-24(14-12-23)20-28-17-18-30(26-7-4-3-5-8-26)31-10-6-9-29(28)31;1-3-9-24(10-4-1)11-7-12-25-17-19-26(20-18-25)23-28-21-22-30(27-13-5-2-6-14-27)31-16-8-15-29(28)31/h4,6-18,23-24,28,32,37H,2-3,5,19-22,25-26H2,1H3;4,6-14,17-18,22,25,27,31H,3,5,15-16,19-21H2,1-2H3;1,3-5,8-10,13-22,31H,2,6-7,11-12,23H2. The van der Waals surface area contributed by atoms with Crippen LogP contribution in [0.4, 0.5) is 0 Å². The van der Waals surface area contributed by atoms with Crippen LogP contribution in [0.15, 0.2) is 340 Å². The maximum Gasteiger partial charge on any atom is 0.0281 e. The minimum absolute atomic E-state index is 0.422. The van der Waals surface area contributed by atoms with Crippen molar-refractivity contribution in [1.82, 2.24) is 0 Å². The Kier molecular flexibility index (Phi) is 22.6. The fraction of sp³-hybridized carbons (Fsp3) is 0.333. The average Bonchev–Trinajstić information content (AvgIpc) is 1.73. The fourth-order valence-corrected chi connectivity index (χ4v) is 17.8. The smallest absolute Gasteiger partial charge is 0.0281 e. The zero-order chi connectivity index (χ0) is 67.1. The summed E-state index contributed by atoms with van der Waals surface area (Å²) >= 11 is 0. The van der Waals surface area contributed by atoms with E-state index in [4.69, 9.17) is 0 Å². The molecule has 2 saturated carbocycles. The molecule has 0 aromatic heterocycles. The van der Waals surface area contributed by atoms with Crippen LogP contribution in [0.25, 0.3) is 0 Å². The summed E-state index contributed by atoms with van der Waals surface area (Å²) in [6.45, 7) is 7.07. The number of hydrogen-bond donors (Lipinski definition) is 0. The molecule has 11 aliphatic carbocycles. The molecule has 0 heteroatoms. The van der Waals surface area contributed by atoms with Crippen molar-refractivity contribution in [3.05, 3.63) is 390 Å². The summed E-state index contributed by atoms with van der Waals surface area (Å²) in [7, 11) is 0. The molecule has 99 heavy (non-hydrogen) atoms. The van der Waals surface area contributed by atoms with Gasteiger partial charge in [0, 0.05) is 17.8 Å². The SMILES string of the molecule is C1=CC2C(C3=CCCC=C3)=CC=C(Cc3ccc(CCCc4ccccc4)cc3)C2=C1.CC(C)C1CCC(Cc2ccc(CC3=CC=C(C4=CCCC=C4)C4C=CC=C34)cc2)C1.CCc1ccccc1C1CCC(Cc2ccc(CC3=CC=C(C4=CCCC=C4)C4C=CC=C34)cc2)CC1. The molecule has 0 bridgehead atoms. The molecule has 5 unspecified atom stereocenters. The second-order valence-electron chi connectivity index (χ2n) is 30.5. The Morgan fingerprint density at radius 2 is 0.768 bits per heavy atom. The minimum atomic E-state index is 0.422. The van der Waals surface area contributed by atoms with Gasteiger partial charge in [-0.2, -0.15) is 0 Å². The molecule has 0 heterocycles. The number of aryl methyl sites for hydroxylation is 3. The molecule has 5 aromatic rings. The Hall–Kier alpha value is -8.58. The highest BCUT2D eigenvalue weighted by Crippen LogP contribution is 2.46. The van der Waals surface area contributed by atoms with Gasteiger partial charge < -0.3 is 0 Å². The van der Waals surface area contributed by atoms with Crippen molar-refractivity contribution in [3.8, 4) is 0 Å². The highest BCUT2D eigenvalue weighted by molar-refractivity contribution is 5.63. The third kappa shape index (κ3) is 17.0. The number of benzene rings is 5. The van der Waals surface area contributed by atoms with Crippen molar-refractivity contribution in [1.29, 1.82) is 0 Å². The maximum atomic E-state index is 2.41. The Bertz CT molecular complexity index is 4260. The summed E-state index contributed by atoms with van der Waals surface area (Å²) in [6, 6.07) is 48.3. The van der Waals surface area contributed by atoms with E-state index >= 15 is 0 Å². The molecule has 502 valence electrons. The second-order valence-corrected chi connectivity index (χ2v) is 30.5. The van der Waals surface area contributed by atoms with Crippen LogP contribution in [0.3, 0.4) is 0 Å². The molecule has 5 aromatic carbocycles. The molecule has 16 rings (SSSR count). The first kappa shape index (κ1) is 67.6. The van der Waals surface area contributed by atoms with Crippen molar-refractivity contribution in [2.45, 2.75) is 168 Å². The molecule has 0 nitrogen and oxygen atoms in total. The van der Waals surface area contributed by atoms with Crippen LogP contribution >= 0.6 is 0 Å². The normalized spacial score (nSPS) is 23.8. The number of rotatable bonds is 20. The molecule has 0 aliphatic heterocycles. The van der Waals surface area contributed by atoms with Crippen molar-refractivity contribution in [3.63, 3.8) is 0 Å². The lowest BCUT2D eigenvalue weighted by molar-refractivity contribution is 0.324. The van der Waals surface area contributed by atoms with E-state index in [0.717, 1.165) is 81.0 Å². The molecule has 0 radical (unpaired) electrons. The van der Waals surface area contributed by atoms with Crippen molar-refractivity contribution in [2.24, 2.45) is 41.4 Å². The maximum absolute atomic E-state index is 2.41. The molecule has 0 amide bonds. The lowest BCUT2D eigenvalue weighted by Gasteiger charge is -2.30. The highest BCUT2D eigenvalue weighted by atomic mass is 14.4. The molecule has 2 fully saturated rings. The van der Waals surface area contributed by atoms with Crippen molar-refractivity contribution < 1.29 is 0 Å². The summed E-state index contributed by atoms with van der Waals surface area (Å²) in [5.74, 6) is 5.56. The van der Waals surface area contributed by atoms with Gasteiger partial charge in [-0.25, -0.2) is 0 Å². The molecule has 0 N–H and O–H groups in total. The molecular formula is C99H106. The van der Waals surface area contributed by atoms with Crippen LogP contribution in [-0.2, 0) is 51.4 Å². The van der Waals surface area contributed by atoms with E-state index in [1.54, 1.807) is 11.1 Å². The van der Waals surface area contributed by atoms with E-state index in [2.05, 4.69) is 294 Å². The van der Waals surface area contributed by atoms with Crippen LogP contribution < -0.4 is 0 Å². The third-order valence-corrected chi connectivity index (χ3v) is 23.6. The van der Waals surface area contributed by atoms with Gasteiger partial charge in [0.1, 0.15) is 0 Å². The van der Waals surface area contributed by atoms with Gasteiger partial charge in [-0.3, -0.25) is 0 Å². The van der Waals surface area contributed by atoms with E-state index in [0.29, 0.717) is 17.8 Å². The van der Waals surface area contributed by atoms with Gasteiger partial charge in [-0.05, 0) is 288 Å². The van der Waals surface area contributed by atoms with Gasteiger partial charge in [0.15, 0.2) is 0 Å². The quantitative estimate of drug-likeness (QED) is 0.0729. The summed E-state index contributed by atoms with van der Waals surface area (Å²) in [4.78, 5) is 0. The zero-order valence-electron chi connectivity index (χ0n) is 59.7. The summed E-state index contributed by atoms with van der Waals surface area (Å²) in [5.41, 5.74) is 30.8. The minimum Gasteiger partial charge on any atom is -0.0836 e. The van der Waals surface area contributed by atoms with Gasteiger partial charge in [0.2, 0.25) is 0 Å². The summed E-state index contributed by atoms with van der Waals surface area (Å²) in [6.07, 6.45) is 82.9. The largest absolute Gasteiger partial charge is 0.0836 e. The van der Waals surface area contributed by atoms with Crippen LogP contribution in [-0.4, -0.2) is 0 Å². The van der Waals surface area contributed by atoms with Crippen molar-refractivity contribution in [2.75, 3.05) is 0 Å². The van der Waals surface area contributed by atoms with Gasteiger partial charge in [0.25, 0.3) is 0 Å². The number of hydrogen-bond acceptors (Lipinski definition) is 0. The van der Waals surface area contributed by atoms with Gasteiger partial charge in [-0.15, -0.1) is 0 Å². The molecular weight excluding hydrogens is 1190 g/mol. The lowest BCUT2D eigenvalue weighted by Crippen LogP contribution is -2.16. The van der Waals surface area contributed by atoms with Crippen LogP contribution in [0, 0.1) is 41.4 Å². The molecule has 0 spiro atoms. The first-order valence-corrected chi connectivity index (χ1v) is 38.7. The first-order valence-electron chi connectivity index (χ1n) is 38.7. The predicted molar refractivity (Wildman–Crippen MR) is 423 cm³/mol. The number of fused-ring (bicyclic) bond motifs is 3. The fourth-order valence-electron chi connectivity index (χ4n) is 17.8. The van der Waals surface area contributed by atoms with E-state index in [1.807, 2.05) is 0 Å². The summed E-state index contributed by atoms with van der Waals surface area (Å²) in [5, 5.41) is 0. The Balaban J connectivity index is 0.000000127. The molecule has 0 saturated heterocycles. The average molecular weight is 1300 g/mol. The predicted octanol–water partition coefficient (Wildman–Crippen LogP) is 25.3.